The van der Waals surface area contributed by atoms with E-state index in [1.807, 2.05) is 26.0 Å². The molecule has 0 fully saturated rings. The lowest BCUT2D eigenvalue weighted by Gasteiger charge is -2.20. The summed E-state index contributed by atoms with van der Waals surface area (Å²) < 4.78 is 0. The number of nitrogens with one attached hydrogen (secondary N) is 2. The Labute approximate surface area is 171 Å². The zero-order valence-electron chi connectivity index (χ0n) is 16.2. The number of amides is 1. The summed E-state index contributed by atoms with van der Waals surface area (Å²) in [7, 11) is 0. The quantitative estimate of drug-likeness (QED) is 0.540. The van der Waals surface area contributed by atoms with Gasteiger partial charge in [-0.1, -0.05) is 35.9 Å². The van der Waals surface area contributed by atoms with Gasteiger partial charge in [0.25, 0.3) is 5.91 Å². The molecule has 0 heterocycles. The third kappa shape index (κ3) is 4.74. The Morgan fingerprint density at radius 1 is 1.18 bits per heavy atom. The molecular weight excluding hydrogens is 370 g/mol. The molecule has 3 rings (SSSR count). The van der Waals surface area contributed by atoms with Crippen LogP contribution in [0.15, 0.2) is 48.2 Å². The van der Waals surface area contributed by atoms with Crippen LogP contribution in [0, 0.1) is 18.3 Å². The molecule has 2 aromatic carbocycles. The van der Waals surface area contributed by atoms with Crippen molar-refractivity contribution in [2.75, 3.05) is 5.32 Å². The minimum absolute atomic E-state index is 0.0178. The lowest BCUT2D eigenvalue weighted by atomic mass is 9.89. The van der Waals surface area contributed by atoms with E-state index in [-0.39, 0.29) is 11.6 Å². The summed E-state index contributed by atoms with van der Waals surface area (Å²) in [5.74, 6) is -0.403. The van der Waals surface area contributed by atoms with E-state index < -0.39 is 5.91 Å². The number of hydrogen-bond acceptors (Lipinski definition) is 3. The molecule has 1 atom stereocenters. The summed E-state index contributed by atoms with van der Waals surface area (Å²) in [5, 5.41) is 15.9. The molecule has 2 N–H and O–H groups in total. The number of fused-ring (bicyclic) bond motifs is 1. The van der Waals surface area contributed by atoms with Crippen molar-refractivity contribution < 1.29 is 4.79 Å². The van der Waals surface area contributed by atoms with Crippen molar-refractivity contribution in [1.82, 2.24) is 5.32 Å². The summed E-state index contributed by atoms with van der Waals surface area (Å²) in [6.07, 6.45) is 6.11. The Balaban J connectivity index is 1.69. The number of benzene rings is 2. The molecule has 0 spiro atoms. The fraction of sp³-hybridized carbons (Fsp3) is 0.304. The van der Waals surface area contributed by atoms with Crippen LogP contribution in [0.4, 0.5) is 5.69 Å². The standard InChI is InChI=1S/C23H24ClN3O/c1-15-7-10-21(24)12-22(15)26-14-20(13-25)23(28)27-16(2)18-9-8-17-5-3-4-6-19(17)11-18/h7-12,14,16,26H,3-6H2,1-2H3,(H,27,28)/b20-14-. The predicted octanol–water partition coefficient (Wildman–Crippen LogP) is 5.22. The fourth-order valence-corrected chi connectivity index (χ4v) is 3.60. The fourth-order valence-electron chi connectivity index (χ4n) is 3.43. The van der Waals surface area contributed by atoms with Crippen molar-refractivity contribution >= 4 is 23.2 Å². The van der Waals surface area contributed by atoms with Gasteiger partial charge >= 0.3 is 0 Å². The van der Waals surface area contributed by atoms with Crippen molar-refractivity contribution in [3.63, 3.8) is 0 Å². The number of carbonyl (C=O) groups is 1. The minimum Gasteiger partial charge on any atom is -0.360 e. The largest absolute Gasteiger partial charge is 0.360 e. The highest BCUT2D eigenvalue weighted by Crippen LogP contribution is 2.25. The van der Waals surface area contributed by atoms with E-state index in [1.54, 1.807) is 12.1 Å². The van der Waals surface area contributed by atoms with Gasteiger partial charge in [0.2, 0.25) is 0 Å². The molecule has 144 valence electrons. The molecule has 0 bridgehead atoms. The van der Waals surface area contributed by atoms with Gasteiger partial charge in [-0.15, -0.1) is 0 Å². The van der Waals surface area contributed by atoms with Crippen LogP contribution in [0.2, 0.25) is 5.02 Å². The topological polar surface area (TPSA) is 64.9 Å². The molecule has 0 saturated carbocycles. The van der Waals surface area contributed by atoms with Gasteiger partial charge in [-0.3, -0.25) is 4.79 Å². The Bertz CT molecular complexity index is 959. The molecule has 0 aliphatic heterocycles. The Morgan fingerprint density at radius 3 is 2.68 bits per heavy atom. The number of anilines is 1. The molecule has 1 aliphatic carbocycles. The monoisotopic (exact) mass is 393 g/mol. The maximum atomic E-state index is 12.6. The van der Waals surface area contributed by atoms with E-state index in [4.69, 9.17) is 11.6 Å². The second-order valence-corrected chi connectivity index (χ2v) is 7.64. The number of halogens is 1. The first-order chi connectivity index (χ1) is 13.5. The third-order valence-corrected chi connectivity index (χ3v) is 5.39. The van der Waals surface area contributed by atoms with Crippen LogP contribution in [0.5, 0.6) is 0 Å². The average molecular weight is 394 g/mol. The molecule has 0 radical (unpaired) electrons. The van der Waals surface area contributed by atoms with Crippen molar-refractivity contribution in [2.45, 2.75) is 45.6 Å². The van der Waals surface area contributed by atoms with Crippen LogP contribution in [-0.4, -0.2) is 5.91 Å². The molecule has 4 nitrogen and oxygen atoms in total. The summed E-state index contributed by atoms with van der Waals surface area (Å²) in [6.45, 7) is 3.86. The molecular formula is C23H24ClN3O. The van der Waals surface area contributed by atoms with Crippen LogP contribution < -0.4 is 10.6 Å². The molecule has 0 saturated heterocycles. The molecule has 5 heteroatoms. The van der Waals surface area contributed by atoms with E-state index >= 15 is 0 Å². The number of aryl methyl sites for hydroxylation is 3. The number of nitriles is 1. The van der Waals surface area contributed by atoms with Crippen LogP contribution in [0.3, 0.4) is 0 Å². The van der Waals surface area contributed by atoms with Crippen molar-refractivity contribution in [1.29, 1.82) is 5.26 Å². The zero-order valence-corrected chi connectivity index (χ0v) is 16.9. The highest BCUT2D eigenvalue weighted by Gasteiger charge is 2.16. The van der Waals surface area contributed by atoms with Crippen LogP contribution in [-0.2, 0) is 17.6 Å². The molecule has 2 aromatic rings. The molecule has 28 heavy (non-hydrogen) atoms. The number of carbonyl (C=O) groups excluding carboxylic acids is 1. The van der Waals surface area contributed by atoms with E-state index in [2.05, 4.69) is 28.8 Å². The van der Waals surface area contributed by atoms with Gasteiger partial charge in [0.15, 0.2) is 0 Å². The molecule has 0 aromatic heterocycles. The SMILES string of the molecule is Cc1ccc(Cl)cc1N/C=C(/C#N)C(=O)NC(C)c1ccc2c(c1)CCCC2. The van der Waals surface area contributed by atoms with Gasteiger partial charge in [0.1, 0.15) is 11.6 Å². The van der Waals surface area contributed by atoms with E-state index in [0.29, 0.717) is 5.02 Å². The highest BCUT2D eigenvalue weighted by atomic mass is 35.5. The van der Waals surface area contributed by atoms with Gasteiger partial charge < -0.3 is 10.6 Å². The number of rotatable bonds is 5. The smallest absolute Gasteiger partial charge is 0.263 e. The lowest BCUT2D eigenvalue weighted by molar-refractivity contribution is -0.117. The van der Waals surface area contributed by atoms with Gasteiger partial charge in [0.05, 0.1) is 6.04 Å². The Hall–Kier alpha value is -2.77. The van der Waals surface area contributed by atoms with Gasteiger partial charge in [-0.2, -0.15) is 5.26 Å². The lowest BCUT2D eigenvalue weighted by Crippen LogP contribution is -2.28. The normalized spacial score (nSPS) is 14.6. The number of hydrogen-bond donors (Lipinski definition) is 2. The van der Waals surface area contributed by atoms with Crippen molar-refractivity contribution in [2.24, 2.45) is 0 Å². The summed E-state index contributed by atoms with van der Waals surface area (Å²) in [4.78, 5) is 12.6. The van der Waals surface area contributed by atoms with E-state index in [9.17, 15) is 10.1 Å². The Morgan fingerprint density at radius 2 is 1.93 bits per heavy atom. The van der Waals surface area contributed by atoms with Crippen LogP contribution >= 0.6 is 11.6 Å². The second-order valence-electron chi connectivity index (χ2n) is 7.20. The van der Waals surface area contributed by atoms with Crippen LogP contribution in [0.1, 0.15) is 48.1 Å². The molecule has 1 amide bonds. The maximum absolute atomic E-state index is 12.6. The van der Waals surface area contributed by atoms with Gasteiger partial charge in [-0.05, 0) is 73.9 Å². The van der Waals surface area contributed by atoms with Gasteiger partial charge in [0, 0.05) is 16.9 Å². The summed E-state index contributed by atoms with van der Waals surface area (Å²) >= 11 is 6.01. The first-order valence-corrected chi connectivity index (χ1v) is 9.91. The molecule has 1 unspecified atom stereocenters. The maximum Gasteiger partial charge on any atom is 0.263 e. The molecule has 1 aliphatic rings. The van der Waals surface area contributed by atoms with Crippen molar-refractivity contribution in [3.05, 3.63) is 75.4 Å². The van der Waals surface area contributed by atoms with E-state index in [0.717, 1.165) is 29.7 Å². The van der Waals surface area contributed by atoms with Crippen molar-refractivity contribution in [3.8, 4) is 6.07 Å². The highest BCUT2D eigenvalue weighted by molar-refractivity contribution is 6.30. The Kier molecular flexibility index (Phi) is 6.38. The average Bonchev–Trinajstić information content (AvgIpc) is 2.70. The first kappa shape index (κ1) is 20.0. The number of nitrogens with zero attached hydrogens (tertiary/aromatic N) is 1. The summed E-state index contributed by atoms with van der Waals surface area (Å²) in [6, 6.07) is 13.6. The van der Waals surface area contributed by atoms with Crippen LogP contribution in [0.25, 0.3) is 0 Å². The third-order valence-electron chi connectivity index (χ3n) is 5.16. The zero-order chi connectivity index (χ0) is 20.1. The summed E-state index contributed by atoms with van der Waals surface area (Å²) in [5.41, 5.74) is 5.59. The van der Waals surface area contributed by atoms with E-state index in [1.165, 1.54) is 30.2 Å². The first-order valence-electron chi connectivity index (χ1n) is 9.53. The second kappa shape index (κ2) is 8.95. The minimum atomic E-state index is -0.403. The predicted molar refractivity (Wildman–Crippen MR) is 113 cm³/mol. The van der Waals surface area contributed by atoms with Gasteiger partial charge in [-0.25, -0.2) is 0 Å².